The maximum Gasteiger partial charge on any atom is 0.305 e. The maximum atomic E-state index is 11.1. The number of hydrogen-bond acceptors (Lipinski definition) is 5. The van der Waals surface area contributed by atoms with Gasteiger partial charge in [-0.2, -0.15) is 0 Å². The van der Waals surface area contributed by atoms with Gasteiger partial charge in [0.15, 0.2) is 0 Å². The summed E-state index contributed by atoms with van der Waals surface area (Å²) in [7, 11) is 0. The van der Waals surface area contributed by atoms with Crippen LogP contribution in [0, 0.1) is 13.7 Å². The first-order valence-corrected chi connectivity index (χ1v) is 6.96. The smallest absolute Gasteiger partial charge is 0.305 e. The van der Waals surface area contributed by atoms with Crippen molar-refractivity contribution < 1.29 is 14.5 Å². The van der Waals surface area contributed by atoms with Crippen LogP contribution in [0.5, 0.6) is 0 Å². The fourth-order valence-corrected chi connectivity index (χ4v) is 2.18. The van der Waals surface area contributed by atoms with Crippen LogP contribution in [0.3, 0.4) is 0 Å². The number of nitro groups is 1. The first-order chi connectivity index (χ1) is 9.04. The number of esters is 1. The fraction of sp³-hybridized carbons (Fsp3) is 0.417. The molecule has 0 heterocycles. The van der Waals surface area contributed by atoms with E-state index in [1.165, 1.54) is 6.07 Å². The van der Waals surface area contributed by atoms with Gasteiger partial charge in [-0.25, -0.2) is 0 Å². The molecule has 0 saturated carbocycles. The van der Waals surface area contributed by atoms with Crippen molar-refractivity contribution in [1.29, 1.82) is 0 Å². The molecule has 1 rings (SSSR count). The number of halogens is 1. The lowest BCUT2D eigenvalue weighted by molar-refractivity contribution is -0.385. The zero-order chi connectivity index (χ0) is 14.3. The van der Waals surface area contributed by atoms with Crippen molar-refractivity contribution in [3.05, 3.63) is 31.9 Å². The Morgan fingerprint density at radius 3 is 2.84 bits per heavy atom. The quantitative estimate of drug-likeness (QED) is 0.259. The molecule has 1 N–H and O–H groups in total. The van der Waals surface area contributed by atoms with Gasteiger partial charge in [-0.15, -0.1) is 0 Å². The van der Waals surface area contributed by atoms with Gasteiger partial charge in [0.1, 0.15) is 0 Å². The SMILES string of the molecule is CCOC(=O)CCCNc1ccc([N+](=O)[O-])c(I)c1. The lowest BCUT2D eigenvalue weighted by atomic mass is 10.2. The van der Waals surface area contributed by atoms with E-state index in [0.717, 1.165) is 5.69 Å². The minimum Gasteiger partial charge on any atom is -0.466 e. The van der Waals surface area contributed by atoms with Gasteiger partial charge in [-0.1, -0.05) is 0 Å². The van der Waals surface area contributed by atoms with Crippen molar-refractivity contribution in [1.82, 2.24) is 0 Å². The third-order valence-corrected chi connectivity index (χ3v) is 3.20. The Morgan fingerprint density at radius 2 is 2.26 bits per heavy atom. The molecule has 1 aromatic rings. The first-order valence-electron chi connectivity index (χ1n) is 5.88. The van der Waals surface area contributed by atoms with Crippen LogP contribution in [0.4, 0.5) is 11.4 Å². The largest absolute Gasteiger partial charge is 0.466 e. The number of nitro benzene ring substituents is 1. The minimum atomic E-state index is -0.410. The van der Waals surface area contributed by atoms with Crippen LogP contribution in [-0.4, -0.2) is 24.0 Å². The van der Waals surface area contributed by atoms with Crippen LogP contribution >= 0.6 is 22.6 Å². The summed E-state index contributed by atoms with van der Waals surface area (Å²) in [6.45, 7) is 2.79. The van der Waals surface area contributed by atoms with Crippen LogP contribution in [0.2, 0.25) is 0 Å². The van der Waals surface area contributed by atoms with E-state index < -0.39 is 4.92 Å². The summed E-state index contributed by atoms with van der Waals surface area (Å²) < 4.78 is 5.39. The Labute approximate surface area is 124 Å². The molecule has 19 heavy (non-hydrogen) atoms. The standard InChI is InChI=1S/C12H15IN2O4/c1-2-19-12(16)4-3-7-14-9-5-6-11(15(17)18)10(13)8-9/h5-6,8,14H,2-4,7H2,1H3. The van der Waals surface area contributed by atoms with Gasteiger partial charge in [0.2, 0.25) is 0 Å². The molecule has 104 valence electrons. The van der Waals surface area contributed by atoms with E-state index in [9.17, 15) is 14.9 Å². The Kier molecular flexibility index (Phi) is 6.54. The second-order valence-electron chi connectivity index (χ2n) is 3.76. The molecule has 0 bridgehead atoms. The van der Waals surface area contributed by atoms with Crippen molar-refractivity contribution in [3.8, 4) is 0 Å². The second-order valence-corrected chi connectivity index (χ2v) is 4.92. The highest BCUT2D eigenvalue weighted by molar-refractivity contribution is 14.1. The average molecular weight is 378 g/mol. The number of carbonyl (C=O) groups is 1. The zero-order valence-corrected chi connectivity index (χ0v) is 12.7. The van der Waals surface area contributed by atoms with Gasteiger partial charge in [0, 0.05) is 24.7 Å². The van der Waals surface area contributed by atoms with Gasteiger partial charge in [-0.3, -0.25) is 14.9 Å². The summed E-state index contributed by atoms with van der Waals surface area (Å²) in [5.74, 6) is -0.206. The molecule has 0 saturated heterocycles. The number of rotatable bonds is 7. The zero-order valence-electron chi connectivity index (χ0n) is 10.5. The summed E-state index contributed by atoms with van der Waals surface area (Å²) in [6, 6.07) is 4.84. The molecule has 6 nitrogen and oxygen atoms in total. The molecule has 0 unspecified atom stereocenters. The molecule has 7 heteroatoms. The minimum absolute atomic E-state index is 0.0951. The van der Waals surface area contributed by atoms with Crippen molar-refractivity contribution >= 4 is 39.9 Å². The summed E-state index contributed by atoms with van der Waals surface area (Å²) in [5, 5.41) is 13.8. The lowest BCUT2D eigenvalue weighted by Crippen LogP contribution is -2.08. The highest BCUT2D eigenvalue weighted by atomic mass is 127. The van der Waals surface area contributed by atoms with Crippen LogP contribution < -0.4 is 5.32 Å². The molecule has 0 aliphatic carbocycles. The van der Waals surface area contributed by atoms with E-state index in [1.54, 1.807) is 19.1 Å². The molecule has 0 aromatic heterocycles. The summed E-state index contributed by atoms with van der Waals surface area (Å²) in [4.78, 5) is 21.4. The molecule has 0 aliphatic rings. The highest BCUT2D eigenvalue weighted by Gasteiger charge is 2.11. The average Bonchev–Trinajstić information content (AvgIpc) is 2.34. The number of hydrogen-bond donors (Lipinski definition) is 1. The van der Waals surface area contributed by atoms with E-state index >= 15 is 0 Å². The number of nitrogens with one attached hydrogen (secondary N) is 1. The molecule has 0 radical (unpaired) electrons. The van der Waals surface area contributed by atoms with Gasteiger partial charge in [0.05, 0.1) is 15.1 Å². The number of nitrogens with zero attached hydrogens (tertiary/aromatic N) is 1. The Hall–Kier alpha value is -1.38. The predicted molar refractivity (Wildman–Crippen MR) is 80.2 cm³/mol. The normalized spacial score (nSPS) is 10.0. The molecular weight excluding hydrogens is 363 g/mol. The summed E-state index contributed by atoms with van der Waals surface area (Å²) in [5.41, 5.74) is 0.900. The van der Waals surface area contributed by atoms with Crippen molar-refractivity contribution in [2.75, 3.05) is 18.5 Å². The van der Waals surface area contributed by atoms with E-state index in [2.05, 4.69) is 5.32 Å². The Balaban J connectivity index is 2.40. The molecular formula is C12H15IN2O4. The fourth-order valence-electron chi connectivity index (χ4n) is 1.46. The van der Waals surface area contributed by atoms with Gasteiger partial charge in [0.25, 0.3) is 5.69 Å². The summed E-state index contributed by atoms with van der Waals surface area (Å²) >= 11 is 1.93. The van der Waals surface area contributed by atoms with Crippen molar-refractivity contribution in [2.45, 2.75) is 19.8 Å². The first kappa shape index (κ1) is 15.7. The van der Waals surface area contributed by atoms with E-state index in [-0.39, 0.29) is 11.7 Å². The van der Waals surface area contributed by atoms with Crippen LogP contribution in [0.25, 0.3) is 0 Å². The highest BCUT2D eigenvalue weighted by Crippen LogP contribution is 2.24. The number of anilines is 1. The van der Waals surface area contributed by atoms with Gasteiger partial charge in [-0.05, 0) is 48.1 Å². The van der Waals surface area contributed by atoms with E-state index in [1.807, 2.05) is 22.6 Å². The molecule has 0 atom stereocenters. The van der Waals surface area contributed by atoms with Crippen LogP contribution in [0.1, 0.15) is 19.8 Å². The topological polar surface area (TPSA) is 81.5 Å². The number of ether oxygens (including phenoxy) is 1. The van der Waals surface area contributed by atoms with Crippen LogP contribution in [-0.2, 0) is 9.53 Å². The third kappa shape index (κ3) is 5.41. The lowest BCUT2D eigenvalue weighted by Gasteiger charge is -2.06. The van der Waals surface area contributed by atoms with Gasteiger partial charge < -0.3 is 10.1 Å². The van der Waals surface area contributed by atoms with E-state index in [4.69, 9.17) is 4.74 Å². The maximum absolute atomic E-state index is 11.1. The molecule has 0 fully saturated rings. The van der Waals surface area contributed by atoms with Gasteiger partial charge >= 0.3 is 5.97 Å². The van der Waals surface area contributed by atoms with Crippen molar-refractivity contribution in [2.24, 2.45) is 0 Å². The second kappa shape index (κ2) is 7.93. The molecule has 0 aliphatic heterocycles. The van der Waals surface area contributed by atoms with Crippen molar-refractivity contribution in [3.63, 3.8) is 0 Å². The molecule has 1 aromatic carbocycles. The Bertz CT molecular complexity index is 465. The monoisotopic (exact) mass is 378 g/mol. The number of carbonyl (C=O) groups excluding carboxylic acids is 1. The van der Waals surface area contributed by atoms with E-state index in [0.29, 0.717) is 29.6 Å². The molecule has 0 spiro atoms. The summed E-state index contributed by atoms with van der Waals surface area (Å²) in [6.07, 6.45) is 1.03. The number of benzene rings is 1. The predicted octanol–water partition coefficient (Wildman–Crippen LogP) is 2.95. The third-order valence-electron chi connectivity index (χ3n) is 2.34. The Morgan fingerprint density at radius 1 is 1.53 bits per heavy atom. The van der Waals surface area contributed by atoms with Crippen LogP contribution in [0.15, 0.2) is 18.2 Å². The molecule has 0 amide bonds.